The van der Waals surface area contributed by atoms with E-state index in [4.69, 9.17) is 0 Å². The minimum atomic E-state index is 1.28. The number of unbranched alkanes of at least 4 members (excludes halogenated alkanes) is 3. The summed E-state index contributed by atoms with van der Waals surface area (Å²) in [6.45, 7) is 4.33. The van der Waals surface area contributed by atoms with Gasteiger partial charge in [-0.05, 0) is 37.5 Å². The normalized spacial score (nSPS) is 9.50. The van der Waals surface area contributed by atoms with Crippen LogP contribution in [0.2, 0.25) is 0 Å². The van der Waals surface area contributed by atoms with Crippen LogP contribution in [0.3, 0.4) is 0 Å². The number of halogens is 1. The largest absolute Gasteiger partial charge is 0.0864 e. The van der Waals surface area contributed by atoms with Crippen LogP contribution in [0.1, 0.15) is 39.5 Å². The lowest BCUT2D eigenvalue weighted by atomic mass is 10.2. The van der Waals surface area contributed by atoms with Crippen molar-refractivity contribution in [2.24, 2.45) is 0 Å². The summed E-state index contributed by atoms with van der Waals surface area (Å²) >= 11 is 2.44. The summed E-state index contributed by atoms with van der Waals surface area (Å²) in [6.07, 6.45) is 7.75. The zero-order valence-electron chi connectivity index (χ0n) is 6.99. The first-order valence-electron chi connectivity index (χ1n) is 3.96. The third kappa shape index (κ3) is 8.47. The molecule has 0 aromatic rings. The molecule has 60 valence electrons. The van der Waals surface area contributed by atoms with Gasteiger partial charge in [-0.1, -0.05) is 40.7 Å². The van der Waals surface area contributed by atoms with E-state index in [1.165, 1.54) is 35.7 Å². The van der Waals surface area contributed by atoms with Crippen molar-refractivity contribution in [3.8, 4) is 0 Å². The van der Waals surface area contributed by atoms with Gasteiger partial charge in [0, 0.05) is 0 Å². The lowest BCUT2D eigenvalue weighted by molar-refractivity contribution is 0.737. The highest BCUT2D eigenvalue weighted by molar-refractivity contribution is 14.1. The highest BCUT2D eigenvalue weighted by Gasteiger charge is 1.84. The van der Waals surface area contributed by atoms with E-state index in [-0.39, 0.29) is 0 Å². The maximum absolute atomic E-state index is 2.44. The summed E-state index contributed by atoms with van der Waals surface area (Å²) < 4.78 is 1.31. The molecule has 0 atom stereocenters. The van der Waals surface area contributed by atoms with Gasteiger partial charge in [-0.2, -0.15) is 0 Å². The average Bonchev–Trinajstić information content (AvgIpc) is 1.87. The second-order valence-corrected chi connectivity index (χ2v) is 3.90. The van der Waals surface area contributed by atoms with Gasteiger partial charge in [-0.25, -0.2) is 0 Å². The first kappa shape index (κ1) is 10.5. The van der Waals surface area contributed by atoms with Crippen molar-refractivity contribution in [1.82, 2.24) is 0 Å². The van der Waals surface area contributed by atoms with Crippen molar-refractivity contribution in [1.29, 1.82) is 0 Å². The molecule has 10 heavy (non-hydrogen) atoms. The van der Waals surface area contributed by atoms with E-state index in [2.05, 4.69) is 42.5 Å². The SMILES string of the molecule is CC(C)=CCCCCCI. The second-order valence-electron chi connectivity index (χ2n) is 2.82. The summed E-state index contributed by atoms with van der Waals surface area (Å²) in [5, 5.41) is 0. The summed E-state index contributed by atoms with van der Waals surface area (Å²) in [4.78, 5) is 0. The quantitative estimate of drug-likeness (QED) is 0.301. The Morgan fingerprint density at radius 2 is 1.90 bits per heavy atom. The molecule has 0 bridgehead atoms. The van der Waals surface area contributed by atoms with Gasteiger partial charge in [0.25, 0.3) is 0 Å². The van der Waals surface area contributed by atoms with Gasteiger partial charge in [0.05, 0.1) is 0 Å². The monoisotopic (exact) mass is 252 g/mol. The fourth-order valence-corrected chi connectivity index (χ4v) is 1.35. The summed E-state index contributed by atoms with van der Waals surface area (Å²) in [6, 6.07) is 0. The summed E-state index contributed by atoms with van der Waals surface area (Å²) in [5.41, 5.74) is 1.45. The summed E-state index contributed by atoms with van der Waals surface area (Å²) in [5.74, 6) is 0. The number of rotatable bonds is 5. The molecule has 0 nitrogen and oxygen atoms in total. The zero-order chi connectivity index (χ0) is 7.82. The van der Waals surface area contributed by atoms with Crippen LogP contribution in [0.25, 0.3) is 0 Å². The molecule has 0 fully saturated rings. The Bertz CT molecular complexity index is 90.9. The van der Waals surface area contributed by atoms with Crippen molar-refractivity contribution in [3.05, 3.63) is 11.6 Å². The molecule has 0 heterocycles. The van der Waals surface area contributed by atoms with Crippen LogP contribution >= 0.6 is 22.6 Å². The van der Waals surface area contributed by atoms with E-state index in [9.17, 15) is 0 Å². The van der Waals surface area contributed by atoms with E-state index in [0.717, 1.165) is 0 Å². The molecule has 0 aromatic heterocycles. The predicted octanol–water partition coefficient (Wildman–Crippen LogP) is 3.95. The van der Waals surface area contributed by atoms with Crippen LogP contribution in [0.15, 0.2) is 11.6 Å². The maximum Gasteiger partial charge on any atom is -0.000473 e. The van der Waals surface area contributed by atoms with Crippen molar-refractivity contribution in [2.45, 2.75) is 39.5 Å². The lowest BCUT2D eigenvalue weighted by Crippen LogP contribution is -1.76. The van der Waals surface area contributed by atoms with Gasteiger partial charge in [0.2, 0.25) is 0 Å². The first-order chi connectivity index (χ1) is 4.77. The Morgan fingerprint density at radius 3 is 2.40 bits per heavy atom. The standard InChI is InChI=1S/C9H17I/c1-9(2)7-5-3-4-6-8-10/h7H,3-6,8H2,1-2H3. The van der Waals surface area contributed by atoms with E-state index in [0.29, 0.717) is 0 Å². The van der Waals surface area contributed by atoms with Gasteiger partial charge >= 0.3 is 0 Å². The van der Waals surface area contributed by atoms with Crippen LogP contribution in [-0.2, 0) is 0 Å². The second kappa shape index (κ2) is 7.58. The van der Waals surface area contributed by atoms with Crippen LogP contribution in [-0.4, -0.2) is 4.43 Å². The maximum atomic E-state index is 2.44. The molecule has 0 rings (SSSR count). The van der Waals surface area contributed by atoms with Crippen LogP contribution < -0.4 is 0 Å². The first-order valence-corrected chi connectivity index (χ1v) is 5.49. The Balaban J connectivity index is 2.98. The third-order valence-corrected chi connectivity index (χ3v) is 2.15. The van der Waals surface area contributed by atoms with Crippen molar-refractivity contribution < 1.29 is 0 Å². The Morgan fingerprint density at radius 1 is 1.20 bits per heavy atom. The van der Waals surface area contributed by atoms with E-state index < -0.39 is 0 Å². The Kier molecular flexibility index (Phi) is 7.93. The van der Waals surface area contributed by atoms with Crippen molar-refractivity contribution >= 4 is 22.6 Å². The number of allylic oxidation sites excluding steroid dienone is 2. The molecular weight excluding hydrogens is 235 g/mol. The highest BCUT2D eigenvalue weighted by Crippen LogP contribution is 2.04. The molecular formula is C9H17I. The minimum Gasteiger partial charge on any atom is -0.0864 e. The fourth-order valence-electron chi connectivity index (χ4n) is 0.806. The number of hydrogen-bond acceptors (Lipinski definition) is 0. The van der Waals surface area contributed by atoms with Crippen molar-refractivity contribution in [3.63, 3.8) is 0 Å². The molecule has 0 saturated carbocycles. The smallest absolute Gasteiger partial charge is 0.000473 e. The summed E-state index contributed by atoms with van der Waals surface area (Å²) in [7, 11) is 0. The molecule has 0 spiro atoms. The molecule has 0 aromatic carbocycles. The minimum absolute atomic E-state index is 1.28. The topological polar surface area (TPSA) is 0 Å². The molecule has 0 N–H and O–H groups in total. The average molecular weight is 252 g/mol. The van der Waals surface area contributed by atoms with Crippen LogP contribution in [0.5, 0.6) is 0 Å². The third-order valence-electron chi connectivity index (χ3n) is 1.39. The van der Waals surface area contributed by atoms with Gasteiger partial charge < -0.3 is 0 Å². The van der Waals surface area contributed by atoms with Crippen LogP contribution in [0, 0.1) is 0 Å². The molecule has 0 saturated heterocycles. The molecule has 0 radical (unpaired) electrons. The molecule has 0 aliphatic carbocycles. The molecule has 0 amide bonds. The molecule has 1 heteroatoms. The van der Waals surface area contributed by atoms with Gasteiger partial charge in [-0.15, -0.1) is 0 Å². The van der Waals surface area contributed by atoms with E-state index >= 15 is 0 Å². The predicted molar refractivity (Wildman–Crippen MR) is 56.8 cm³/mol. The number of hydrogen-bond donors (Lipinski definition) is 0. The van der Waals surface area contributed by atoms with Gasteiger partial charge in [0.15, 0.2) is 0 Å². The molecule has 0 aliphatic rings. The lowest BCUT2D eigenvalue weighted by Gasteiger charge is -1.94. The van der Waals surface area contributed by atoms with Crippen LogP contribution in [0.4, 0.5) is 0 Å². The molecule has 0 aliphatic heterocycles. The molecule has 0 unspecified atom stereocenters. The highest BCUT2D eigenvalue weighted by atomic mass is 127. The Hall–Kier alpha value is 0.470. The van der Waals surface area contributed by atoms with E-state index in [1.54, 1.807) is 0 Å². The Labute approximate surface area is 78.2 Å². The number of alkyl halides is 1. The fraction of sp³-hybridized carbons (Fsp3) is 0.778. The van der Waals surface area contributed by atoms with E-state index in [1.807, 2.05) is 0 Å². The van der Waals surface area contributed by atoms with Gasteiger partial charge in [-0.3, -0.25) is 0 Å². The van der Waals surface area contributed by atoms with Gasteiger partial charge in [0.1, 0.15) is 0 Å². The zero-order valence-corrected chi connectivity index (χ0v) is 9.15. The van der Waals surface area contributed by atoms with Crippen molar-refractivity contribution in [2.75, 3.05) is 4.43 Å².